The van der Waals surface area contributed by atoms with E-state index in [1.54, 1.807) is 0 Å². The van der Waals surface area contributed by atoms with Crippen LogP contribution < -0.4 is 10.6 Å². The molecule has 1 heterocycles. The van der Waals surface area contributed by atoms with E-state index in [-0.39, 0.29) is 18.2 Å². The van der Waals surface area contributed by atoms with Crippen molar-refractivity contribution in [3.05, 3.63) is 58.7 Å². The van der Waals surface area contributed by atoms with Crippen molar-refractivity contribution in [1.29, 1.82) is 0 Å². The van der Waals surface area contributed by atoms with Gasteiger partial charge in [-0.2, -0.15) is 0 Å². The summed E-state index contributed by atoms with van der Waals surface area (Å²) in [5.74, 6) is -0.719. The fraction of sp³-hybridized carbons (Fsp3) is 0.263. The van der Waals surface area contributed by atoms with E-state index in [0.717, 1.165) is 28.1 Å². The highest BCUT2D eigenvalue weighted by molar-refractivity contribution is 6.05. The van der Waals surface area contributed by atoms with Gasteiger partial charge in [-0.25, -0.2) is 0 Å². The lowest BCUT2D eigenvalue weighted by Crippen LogP contribution is -2.31. The van der Waals surface area contributed by atoms with Gasteiger partial charge in [0.1, 0.15) is 0 Å². The molecule has 1 aliphatic rings. The minimum absolute atomic E-state index is 0.124. The Balaban J connectivity index is 1.92. The van der Waals surface area contributed by atoms with Gasteiger partial charge in [0.2, 0.25) is 11.8 Å². The number of nitrogens with one attached hydrogen (secondary N) is 2. The van der Waals surface area contributed by atoms with Gasteiger partial charge in [-0.15, -0.1) is 0 Å². The van der Waals surface area contributed by atoms with E-state index in [1.807, 2.05) is 57.2 Å². The second kappa shape index (κ2) is 5.88. The highest BCUT2D eigenvalue weighted by Crippen LogP contribution is 2.33. The summed E-state index contributed by atoms with van der Waals surface area (Å²) in [4.78, 5) is 24.7. The summed E-state index contributed by atoms with van der Waals surface area (Å²) in [6.07, 6.45) is 0.173. The summed E-state index contributed by atoms with van der Waals surface area (Å²) in [6.45, 7) is 6.00. The van der Waals surface area contributed by atoms with Crippen LogP contribution in [0.4, 0.5) is 11.4 Å². The first-order valence-electron chi connectivity index (χ1n) is 7.73. The van der Waals surface area contributed by atoms with Gasteiger partial charge in [-0.3, -0.25) is 9.59 Å². The largest absolute Gasteiger partial charge is 0.326 e. The Kier molecular flexibility index (Phi) is 3.90. The number of carbonyl (C=O) groups is 2. The van der Waals surface area contributed by atoms with Crippen molar-refractivity contribution >= 4 is 23.2 Å². The fourth-order valence-corrected chi connectivity index (χ4v) is 3.23. The topological polar surface area (TPSA) is 58.2 Å². The van der Waals surface area contributed by atoms with E-state index in [0.29, 0.717) is 0 Å². The van der Waals surface area contributed by atoms with Crippen LogP contribution in [0.2, 0.25) is 0 Å². The number of hydrogen-bond donors (Lipinski definition) is 2. The Bertz CT molecular complexity index is 773. The second-order valence-electron chi connectivity index (χ2n) is 6.16. The van der Waals surface area contributed by atoms with E-state index in [4.69, 9.17) is 0 Å². The SMILES string of the molecule is Cc1cc(C)c(NC(=O)C2CC(=O)Nc3ccccc32)c(C)c1. The zero-order chi connectivity index (χ0) is 16.6. The van der Waals surface area contributed by atoms with Crippen LogP contribution in [0.5, 0.6) is 0 Å². The Labute approximate surface area is 135 Å². The maximum atomic E-state index is 12.8. The lowest BCUT2D eigenvalue weighted by molar-refractivity contribution is -0.123. The van der Waals surface area contributed by atoms with E-state index in [1.165, 1.54) is 5.56 Å². The smallest absolute Gasteiger partial charge is 0.232 e. The van der Waals surface area contributed by atoms with Crippen molar-refractivity contribution in [3.8, 4) is 0 Å². The molecule has 1 atom stereocenters. The molecule has 2 aromatic rings. The van der Waals surface area contributed by atoms with Crippen molar-refractivity contribution in [3.63, 3.8) is 0 Å². The molecule has 4 nitrogen and oxygen atoms in total. The van der Waals surface area contributed by atoms with Crippen LogP contribution in [0.1, 0.15) is 34.6 Å². The molecular formula is C19H20N2O2. The second-order valence-corrected chi connectivity index (χ2v) is 6.16. The highest BCUT2D eigenvalue weighted by atomic mass is 16.2. The predicted molar refractivity (Wildman–Crippen MR) is 91.7 cm³/mol. The molecule has 118 valence electrons. The Hall–Kier alpha value is -2.62. The number of anilines is 2. The molecule has 0 saturated heterocycles. The number of amides is 2. The third kappa shape index (κ3) is 2.97. The van der Waals surface area contributed by atoms with Crippen molar-refractivity contribution < 1.29 is 9.59 Å². The molecule has 1 aliphatic heterocycles. The number of para-hydroxylation sites is 1. The lowest BCUT2D eigenvalue weighted by atomic mass is 9.89. The molecule has 2 aromatic carbocycles. The van der Waals surface area contributed by atoms with Crippen LogP contribution in [0.3, 0.4) is 0 Å². The van der Waals surface area contributed by atoms with Crippen LogP contribution in [0.25, 0.3) is 0 Å². The van der Waals surface area contributed by atoms with Crippen LogP contribution >= 0.6 is 0 Å². The van der Waals surface area contributed by atoms with Gasteiger partial charge in [-0.1, -0.05) is 35.9 Å². The normalized spacial score (nSPS) is 16.5. The van der Waals surface area contributed by atoms with Crippen molar-refractivity contribution in [2.45, 2.75) is 33.1 Å². The summed E-state index contributed by atoms with van der Waals surface area (Å²) in [5, 5.41) is 5.84. The third-order valence-electron chi connectivity index (χ3n) is 4.24. The molecule has 0 saturated carbocycles. The first-order chi connectivity index (χ1) is 11.0. The molecule has 4 heteroatoms. The van der Waals surface area contributed by atoms with Gasteiger partial charge >= 0.3 is 0 Å². The molecule has 0 spiro atoms. The molecule has 1 unspecified atom stereocenters. The number of rotatable bonds is 2. The van der Waals surface area contributed by atoms with Crippen LogP contribution in [0, 0.1) is 20.8 Å². The van der Waals surface area contributed by atoms with Crippen molar-refractivity contribution in [2.75, 3.05) is 10.6 Å². The molecule has 23 heavy (non-hydrogen) atoms. The molecule has 0 aromatic heterocycles. The molecule has 2 amide bonds. The van der Waals surface area contributed by atoms with Gasteiger partial charge in [0.15, 0.2) is 0 Å². The van der Waals surface area contributed by atoms with E-state index >= 15 is 0 Å². The van der Waals surface area contributed by atoms with Crippen LogP contribution in [-0.4, -0.2) is 11.8 Å². The Morgan fingerprint density at radius 1 is 1.13 bits per heavy atom. The minimum atomic E-state index is -0.458. The average Bonchev–Trinajstić information content (AvgIpc) is 2.49. The first kappa shape index (κ1) is 15.3. The first-order valence-corrected chi connectivity index (χ1v) is 7.73. The molecule has 0 aliphatic carbocycles. The maximum Gasteiger partial charge on any atom is 0.232 e. The lowest BCUT2D eigenvalue weighted by Gasteiger charge is -2.25. The minimum Gasteiger partial charge on any atom is -0.326 e. The molecule has 0 radical (unpaired) electrons. The quantitative estimate of drug-likeness (QED) is 0.889. The van der Waals surface area contributed by atoms with Crippen molar-refractivity contribution in [1.82, 2.24) is 0 Å². The van der Waals surface area contributed by atoms with Crippen molar-refractivity contribution in [2.24, 2.45) is 0 Å². The number of benzene rings is 2. The number of fused-ring (bicyclic) bond motifs is 1. The molecule has 2 N–H and O–H groups in total. The molecular weight excluding hydrogens is 288 g/mol. The Morgan fingerprint density at radius 2 is 1.78 bits per heavy atom. The van der Waals surface area contributed by atoms with Gasteiger partial charge in [0.25, 0.3) is 0 Å². The predicted octanol–water partition coefficient (Wildman–Crippen LogP) is 3.68. The zero-order valence-electron chi connectivity index (χ0n) is 13.6. The molecule has 3 rings (SSSR count). The third-order valence-corrected chi connectivity index (χ3v) is 4.24. The summed E-state index contributed by atoms with van der Waals surface area (Å²) >= 11 is 0. The zero-order valence-corrected chi connectivity index (χ0v) is 13.6. The number of aryl methyl sites for hydroxylation is 3. The maximum absolute atomic E-state index is 12.8. The summed E-state index contributed by atoms with van der Waals surface area (Å²) < 4.78 is 0. The van der Waals surface area contributed by atoms with Crippen LogP contribution in [0.15, 0.2) is 36.4 Å². The summed E-state index contributed by atoms with van der Waals surface area (Å²) in [6, 6.07) is 11.6. The van der Waals surface area contributed by atoms with Gasteiger partial charge in [0.05, 0.1) is 5.92 Å². The molecule has 0 bridgehead atoms. The monoisotopic (exact) mass is 308 g/mol. The van der Waals surface area contributed by atoms with Crippen LogP contribution in [-0.2, 0) is 9.59 Å². The van der Waals surface area contributed by atoms with Gasteiger partial charge in [0, 0.05) is 17.8 Å². The van der Waals surface area contributed by atoms with Gasteiger partial charge in [-0.05, 0) is 43.5 Å². The Morgan fingerprint density at radius 3 is 2.48 bits per heavy atom. The fourth-order valence-electron chi connectivity index (χ4n) is 3.23. The highest BCUT2D eigenvalue weighted by Gasteiger charge is 2.30. The summed E-state index contributed by atoms with van der Waals surface area (Å²) in [7, 11) is 0. The average molecular weight is 308 g/mol. The van der Waals surface area contributed by atoms with E-state index in [2.05, 4.69) is 10.6 Å². The standard InChI is InChI=1S/C19H20N2O2/c1-11-8-12(2)18(13(3)9-11)21-19(23)15-10-17(22)20-16-7-5-4-6-14(15)16/h4-9,15H,10H2,1-3H3,(H,20,22)(H,21,23). The number of carbonyl (C=O) groups excluding carboxylic acids is 2. The summed E-state index contributed by atoms with van der Waals surface area (Å²) in [5.41, 5.74) is 5.66. The molecule has 0 fully saturated rings. The van der Waals surface area contributed by atoms with E-state index < -0.39 is 5.92 Å². The number of hydrogen-bond acceptors (Lipinski definition) is 2. The van der Waals surface area contributed by atoms with Gasteiger partial charge < -0.3 is 10.6 Å². The van der Waals surface area contributed by atoms with E-state index in [9.17, 15) is 9.59 Å².